The Labute approximate surface area is 103 Å². The maximum Gasteiger partial charge on any atom is 0.456 e. The van der Waals surface area contributed by atoms with Crippen LogP contribution in [0.3, 0.4) is 0 Å². The van der Waals surface area contributed by atoms with Crippen LogP contribution in [0.25, 0.3) is 4.96 Å². The van der Waals surface area contributed by atoms with Gasteiger partial charge in [0.1, 0.15) is 5.69 Å². The zero-order valence-electron chi connectivity index (χ0n) is 9.37. The number of aromatic hydroxyl groups is 1. The normalized spacial score (nSPS) is 12.1. The van der Waals surface area contributed by atoms with Crippen LogP contribution in [0.15, 0.2) is 6.07 Å². The second-order valence-electron chi connectivity index (χ2n) is 3.74. The SMILES string of the molecule is Cc1cc(C)[n+]2c(O)c(C(=O)C(F)(F)F)sc2n1. The first-order valence-corrected chi connectivity index (χ1v) is 5.66. The van der Waals surface area contributed by atoms with Gasteiger partial charge in [-0.1, -0.05) is 0 Å². The van der Waals surface area contributed by atoms with E-state index in [4.69, 9.17) is 0 Å². The summed E-state index contributed by atoms with van der Waals surface area (Å²) in [5, 5.41) is 9.71. The second-order valence-corrected chi connectivity index (χ2v) is 4.72. The number of alkyl halides is 3. The first-order valence-electron chi connectivity index (χ1n) is 4.85. The fourth-order valence-electron chi connectivity index (χ4n) is 1.59. The molecular formula is C10H8F3N2O2S+. The van der Waals surface area contributed by atoms with E-state index in [-0.39, 0.29) is 4.96 Å². The highest BCUT2D eigenvalue weighted by molar-refractivity contribution is 7.18. The molecule has 4 nitrogen and oxygen atoms in total. The van der Waals surface area contributed by atoms with Crippen LogP contribution in [0, 0.1) is 13.8 Å². The zero-order chi connectivity index (χ0) is 13.7. The number of carbonyl (C=O) groups excluding carboxylic acids is 1. The van der Waals surface area contributed by atoms with Gasteiger partial charge in [0.25, 0.3) is 5.78 Å². The molecule has 2 aromatic rings. The van der Waals surface area contributed by atoms with Gasteiger partial charge in [0, 0.05) is 13.0 Å². The molecule has 0 radical (unpaired) electrons. The van der Waals surface area contributed by atoms with Gasteiger partial charge < -0.3 is 5.11 Å². The Morgan fingerprint density at radius 3 is 2.61 bits per heavy atom. The Balaban J connectivity index is 2.72. The number of hydrogen-bond acceptors (Lipinski definition) is 4. The van der Waals surface area contributed by atoms with Crippen LogP contribution in [-0.4, -0.2) is 22.1 Å². The molecule has 0 aliphatic rings. The van der Waals surface area contributed by atoms with E-state index >= 15 is 0 Å². The fourth-order valence-corrected chi connectivity index (χ4v) is 2.68. The molecule has 8 heteroatoms. The van der Waals surface area contributed by atoms with Crippen LogP contribution >= 0.6 is 11.3 Å². The predicted molar refractivity (Wildman–Crippen MR) is 56.8 cm³/mol. The molecular weight excluding hydrogens is 269 g/mol. The summed E-state index contributed by atoms with van der Waals surface area (Å²) in [7, 11) is 0. The number of nitrogens with zero attached hydrogens (tertiary/aromatic N) is 2. The van der Waals surface area contributed by atoms with Crippen LogP contribution in [0.5, 0.6) is 5.88 Å². The number of ketones is 1. The summed E-state index contributed by atoms with van der Waals surface area (Å²) in [6.45, 7) is 3.28. The maximum atomic E-state index is 12.3. The molecule has 0 aliphatic carbocycles. The minimum Gasteiger partial charge on any atom is -0.476 e. The molecule has 0 aromatic carbocycles. The quantitative estimate of drug-likeness (QED) is 0.640. The molecule has 0 aliphatic heterocycles. The van der Waals surface area contributed by atoms with E-state index in [1.807, 2.05) is 0 Å². The van der Waals surface area contributed by atoms with Crippen molar-refractivity contribution in [2.45, 2.75) is 20.0 Å². The van der Waals surface area contributed by atoms with Crippen molar-refractivity contribution in [3.8, 4) is 5.88 Å². The molecule has 2 rings (SSSR count). The van der Waals surface area contributed by atoms with E-state index in [1.54, 1.807) is 19.9 Å². The lowest BCUT2D eigenvalue weighted by Gasteiger charge is -2.00. The van der Waals surface area contributed by atoms with Crippen LogP contribution < -0.4 is 4.40 Å². The third kappa shape index (κ3) is 1.92. The van der Waals surface area contributed by atoms with Gasteiger partial charge in [0.05, 0.1) is 0 Å². The molecule has 96 valence electrons. The van der Waals surface area contributed by atoms with Crippen LogP contribution in [0.1, 0.15) is 21.1 Å². The van der Waals surface area contributed by atoms with Gasteiger partial charge in [-0.3, -0.25) is 4.79 Å². The Bertz CT molecular complexity index is 649. The van der Waals surface area contributed by atoms with Crippen molar-refractivity contribution in [1.82, 2.24) is 4.98 Å². The molecule has 0 unspecified atom stereocenters. The number of fused-ring (bicyclic) bond motifs is 1. The number of aromatic nitrogens is 2. The molecule has 0 saturated heterocycles. The largest absolute Gasteiger partial charge is 0.476 e. The van der Waals surface area contributed by atoms with Crippen LogP contribution in [0.4, 0.5) is 13.2 Å². The van der Waals surface area contributed by atoms with E-state index in [0.29, 0.717) is 22.7 Å². The molecule has 1 N–H and O–H groups in total. The molecule has 0 amide bonds. The summed E-state index contributed by atoms with van der Waals surface area (Å²) in [6.07, 6.45) is -5.01. The minimum absolute atomic E-state index is 0.151. The Hall–Kier alpha value is -1.70. The lowest BCUT2D eigenvalue weighted by Crippen LogP contribution is -2.27. The first-order chi connectivity index (χ1) is 8.21. The summed E-state index contributed by atoms with van der Waals surface area (Å²) >= 11 is 0.520. The van der Waals surface area contributed by atoms with Gasteiger partial charge in [-0.2, -0.15) is 17.6 Å². The number of rotatable bonds is 1. The van der Waals surface area contributed by atoms with E-state index in [2.05, 4.69) is 4.98 Å². The average molecular weight is 277 g/mol. The summed E-state index contributed by atoms with van der Waals surface area (Å²) in [5.74, 6) is -2.78. The number of halogens is 3. The number of hydrogen-bond donors (Lipinski definition) is 1. The summed E-state index contributed by atoms with van der Waals surface area (Å²) in [5.41, 5.74) is 1.10. The van der Waals surface area contributed by atoms with Crippen molar-refractivity contribution in [2.75, 3.05) is 0 Å². The fraction of sp³-hybridized carbons (Fsp3) is 0.300. The lowest BCUT2D eigenvalue weighted by molar-refractivity contribution is -0.528. The van der Waals surface area contributed by atoms with Crippen molar-refractivity contribution in [1.29, 1.82) is 0 Å². The summed E-state index contributed by atoms with van der Waals surface area (Å²) in [4.78, 5) is 14.5. The Kier molecular flexibility index (Phi) is 2.77. The summed E-state index contributed by atoms with van der Waals surface area (Å²) in [6, 6.07) is 1.60. The van der Waals surface area contributed by atoms with Crippen molar-refractivity contribution in [3.05, 3.63) is 22.3 Å². The van der Waals surface area contributed by atoms with Gasteiger partial charge in [-0.15, -0.1) is 0 Å². The molecule has 0 bridgehead atoms. The van der Waals surface area contributed by atoms with Crippen molar-refractivity contribution >= 4 is 22.1 Å². The average Bonchev–Trinajstić information content (AvgIpc) is 2.53. The third-order valence-corrected chi connectivity index (χ3v) is 3.33. The topological polar surface area (TPSA) is 54.3 Å². The molecule has 0 fully saturated rings. The van der Waals surface area contributed by atoms with E-state index in [1.165, 1.54) is 0 Å². The smallest absolute Gasteiger partial charge is 0.456 e. The highest BCUT2D eigenvalue weighted by Gasteiger charge is 2.44. The van der Waals surface area contributed by atoms with Gasteiger partial charge in [0.15, 0.2) is 10.6 Å². The molecule has 2 heterocycles. The Morgan fingerprint density at radius 2 is 2.06 bits per heavy atom. The van der Waals surface area contributed by atoms with Crippen molar-refractivity contribution in [2.24, 2.45) is 0 Å². The number of thiazole rings is 1. The molecule has 18 heavy (non-hydrogen) atoms. The first kappa shape index (κ1) is 12.7. The predicted octanol–water partition coefficient (Wildman–Crippen LogP) is 1.95. The van der Waals surface area contributed by atoms with E-state index in [0.717, 1.165) is 4.40 Å². The van der Waals surface area contributed by atoms with E-state index in [9.17, 15) is 23.1 Å². The summed E-state index contributed by atoms with van der Waals surface area (Å²) < 4.78 is 38.1. The van der Waals surface area contributed by atoms with Crippen LogP contribution in [-0.2, 0) is 0 Å². The van der Waals surface area contributed by atoms with Gasteiger partial charge in [-0.05, 0) is 23.2 Å². The van der Waals surface area contributed by atoms with Crippen molar-refractivity contribution in [3.63, 3.8) is 0 Å². The van der Waals surface area contributed by atoms with Crippen LogP contribution in [0.2, 0.25) is 0 Å². The molecule has 0 saturated carbocycles. The molecule has 0 spiro atoms. The van der Waals surface area contributed by atoms with Gasteiger partial charge >= 0.3 is 17.0 Å². The lowest BCUT2D eigenvalue weighted by atomic mass is 10.3. The maximum absolute atomic E-state index is 12.3. The second kappa shape index (κ2) is 3.91. The standard InChI is InChI=1S/C10H7F3N2O2S/c1-4-3-5(2)15-8(17)6(18-9(15)14-4)7(16)10(11,12)13/h3H,1-2H3/p+1. The monoisotopic (exact) mass is 277 g/mol. The molecule has 2 aromatic heterocycles. The number of Topliss-reactive ketones (excluding diaryl/α,β-unsaturated/α-hetero) is 1. The highest BCUT2D eigenvalue weighted by Crippen LogP contribution is 2.30. The Morgan fingerprint density at radius 1 is 1.44 bits per heavy atom. The highest BCUT2D eigenvalue weighted by atomic mass is 32.1. The van der Waals surface area contributed by atoms with Gasteiger partial charge in [0.2, 0.25) is 0 Å². The number of aryl methyl sites for hydroxylation is 2. The van der Waals surface area contributed by atoms with E-state index < -0.39 is 22.7 Å². The van der Waals surface area contributed by atoms with Crippen molar-refractivity contribution < 1.29 is 27.5 Å². The molecule has 0 atom stereocenters. The minimum atomic E-state index is -5.01. The third-order valence-electron chi connectivity index (χ3n) is 2.31. The number of carbonyl (C=O) groups is 1. The zero-order valence-corrected chi connectivity index (χ0v) is 10.2. The van der Waals surface area contributed by atoms with Gasteiger partial charge in [-0.25, -0.2) is 0 Å².